The van der Waals surface area contributed by atoms with Gasteiger partial charge >= 0.3 is 12.1 Å². The average Bonchev–Trinajstić information content (AvgIpc) is 3.15. The fourth-order valence-corrected chi connectivity index (χ4v) is 3.50. The van der Waals surface area contributed by atoms with Crippen molar-refractivity contribution in [1.29, 1.82) is 0 Å². The first kappa shape index (κ1) is 23.2. The van der Waals surface area contributed by atoms with E-state index in [2.05, 4.69) is 30.9 Å². The fourth-order valence-electron chi connectivity index (χ4n) is 3.50. The molecule has 172 valence electrons. The number of carbonyl (C=O) groups is 2. The molecule has 32 heavy (non-hydrogen) atoms. The van der Waals surface area contributed by atoms with Gasteiger partial charge in [-0.05, 0) is 38.8 Å². The van der Waals surface area contributed by atoms with Crippen molar-refractivity contribution in [3.05, 3.63) is 35.8 Å². The summed E-state index contributed by atoms with van der Waals surface area (Å²) in [5, 5.41) is 17.2. The summed E-state index contributed by atoms with van der Waals surface area (Å²) in [6.07, 6.45) is -1.03. The van der Waals surface area contributed by atoms with Crippen LogP contribution in [0.4, 0.5) is 30.6 Å². The molecule has 1 fully saturated rings. The third-order valence-electron chi connectivity index (χ3n) is 4.94. The number of amides is 1. The lowest BCUT2D eigenvalue weighted by Gasteiger charge is -2.24. The van der Waals surface area contributed by atoms with Gasteiger partial charge in [0, 0.05) is 18.3 Å². The molecule has 2 aromatic rings. The minimum Gasteiger partial charge on any atom is -0.477 e. The number of nitrogens with one attached hydrogen (secondary N) is 3. The SMILES string of the molecule is CC(C)NC(=O)[C@H]1CCC[C@H]1Nc1nc(Nc2ccc(C(=O)O)nc2)ncc1C(F)(F)F. The van der Waals surface area contributed by atoms with Crippen LogP contribution in [0.2, 0.25) is 0 Å². The van der Waals surface area contributed by atoms with Crippen LogP contribution in [-0.2, 0) is 11.0 Å². The number of hydrogen-bond acceptors (Lipinski definition) is 7. The van der Waals surface area contributed by atoms with Gasteiger partial charge in [0.15, 0.2) is 0 Å². The molecule has 0 spiro atoms. The molecule has 0 aliphatic heterocycles. The number of alkyl halides is 3. The maximum absolute atomic E-state index is 13.5. The topological polar surface area (TPSA) is 129 Å². The van der Waals surface area contributed by atoms with E-state index < -0.39 is 35.5 Å². The van der Waals surface area contributed by atoms with Gasteiger partial charge in [-0.2, -0.15) is 18.2 Å². The van der Waals surface area contributed by atoms with Gasteiger partial charge in [0.1, 0.15) is 17.1 Å². The van der Waals surface area contributed by atoms with E-state index in [9.17, 15) is 22.8 Å². The van der Waals surface area contributed by atoms with Crippen LogP contribution in [0.15, 0.2) is 24.5 Å². The van der Waals surface area contributed by atoms with Crippen LogP contribution in [0.5, 0.6) is 0 Å². The van der Waals surface area contributed by atoms with Gasteiger partial charge in [-0.15, -0.1) is 0 Å². The first-order valence-electron chi connectivity index (χ1n) is 10.0. The molecule has 3 rings (SSSR count). The van der Waals surface area contributed by atoms with Gasteiger partial charge in [0.25, 0.3) is 0 Å². The molecule has 4 N–H and O–H groups in total. The third kappa shape index (κ3) is 5.62. The minimum absolute atomic E-state index is 0.0783. The van der Waals surface area contributed by atoms with Crippen molar-refractivity contribution in [1.82, 2.24) is 20.3 Å². The highest BCUT2D eigenvalue weighted by Gasteiger charge is 2.38. The molecule has 9 nitrogen and oxygen atoms in total. The smallest absolute Gasteiger partial charge is 0.421 e. The summed E-state index contributed by atoms with van der Waals surface area (Å²) >= 11 is 0. The summed E-state index contributed by atoms with van der Waals surface area (Å²) in [5.41, 5.74) is -0.925. The average molecular weight is 452 g/mol. The normalized spacial score (nSPS) is 18.4. The third-order valence-corrected chi connectivity index (χ3v) is 4.94. The Labute approximate surface area is 181 Å². The van der Waals surface area contributed by atoms with E-state index in [1.807, 2.05) is 13.8 Å². The van der Waals surface area contributed by atoms with Crippen LogP contribution in [0.1, 0.15) is 49.2 Å². The maximum Gasteiger partial charge on any atom is 0.421 e. The number of carboxylic acid groups (broad SMARTS) is 1. The Bertz CT molecular complexity index is 982. The number of carboxylic acids is 1. The van der Waals surface area contributed by atoms with Crippen LogP contribution < -0.4 is 16.0 Å². The lowest BCUT2D eigenvalue weighted by molar-refractivity contribution is -0.137. The van der Waals surface area contributed by atoms with E-state index in [4.69, 9.17) is 5.11 Å². The molecule has 1 aliphatic carbocycles. The Kier molecular flexibility index (Phi) is 6.80. The summed E-state index contributed by atoms with van der Waals surface area (Å²) in [7, 11) is 0. The molecule has 2 atom stereocenters. The summed E-state index contributed by atoms with van der Waals surface area (Å²) in [6.45, 7) is 3.63. The van der Waals surface area contributed by atoms with Crippen LogP contribution in [0.25, 0.3) is 0 Å². The highest BCUT2D eigenvalue weighted by Crippen LogP contribution is 2.36. The molecule has 1 aliphatic rings. The van der Waals surface area contributed by atoms with E-state index >= 15 is 0 Å². The van der Waals surface area contributed by atoms with Gasteiger partial charge in [-0.3, -0.25) is 4.79 Å². The Balaban J connectivity index is 1.84. The van der Waals surface area contributed by atoms with Gasteiger partial charge in [0.2, 0.25) is 11.9 Å². The van der Waals surface area contributed by atoms with Crippen molar-refractivity contribution >= 4 is 29.3 Å². The fraction of sp³-hybridized carbons (Fsp3) is 0.450. The Hall–Kier alpha value is -3.44. The predicted molar refractivity (Wildman–Crippen MR) is 110 cm³/mol. The molecule has 0 radical (unpaired) electrons. The molecule has 2 aromatic heterocycles. The molecule has 1 amide bonds. The molecule has 0 aromatic carbocycles. The van der Waals surface area contributed by atoms with Crippen LogP contribution in [0.3, 0.4) is 0 Å². The Morgan fingerprint density at radius 1 is 1.16 bits per heavy atom. The second-order valence-corrected chi connectivity index (χ2v) is 7.77. The van der Waals surface area contributed by atoms with E-state index in [1.54, 1.807) is 0 Å². The van der Waals surface area contributed by atoms with E-state index in [-0.39, 0.29) is 23.6 Å². The zero-order valence-electron chi connectivity index (χ0n) is 17.4. The number of halogens is 3. The number of carbonyl (C=O) groups excluding carboxylic acids is 1. The standard InChI is InChI=1S/C20H23F3N6O3/c1-10(2)26-17(30)12-4-3-5-14(12)28-16-13(20(21,22)23)9-25-19(29-16)27-11-6-7-15(18(31)32)24-8-11/h6-10,12,14H,3-5H2,1-2H3,(H,26,30)(H,31,32)(H2,25,27,28,29)/t12-,14+/m0/s1. The molecule has 2 heterocycles. The molecule has 0 bridgehead atoms. The molecule has 0 unspecified atom stereocenters. The van der Waals surface area contributed by atoms with Crippen molar-refractivity contribution in [3.63, 3.8) is 0 Å². The minimum atomic E-state index is -4.69. The zero-order valence-corrected chi connectivity index (χ0v) is 17.4. The number of nitrogens with zero attached hydrogens (tertiary/aromatic N) is 3. The summed E-state index contributed by atoms with van der Waals surface area (Å²) in [5.74, 6) is -2.45. The van der Waals surface area contributed by atoms with Gasteiger partial charge < -0.3 is 21.1 Å². The Morgan fingerprint density at radius 3 is 2.50 bits per heavy atom. The first-order valence-corrected chi connectivity index (χ1v) is 10.0. The molecule has 1 saturated carbocycles. The lowest BCUT2D eigenvalue weighted by Crippen LogP contribution is -2.41. The molecule has 0 saturated heterocycles. The predicted octanol–water partition coefficient (Wildman–Crippen LogP) is 3.44. The van der Waals surface area contributed by atoms with Crippen LogP contribution >= 0.6 is 0 Å². The number of hydrogen-bond donors (Lipinski definition) is 4. The lowest BCUT2D eigenvalue weighted by atomic mass is 10.0. The van der Waals surface area contributed by atoms with E-state index in [1.165, 1.54) is 18.3 Å². The number of aromatic carboxylic acids is 1. The highest BCUT2D eigenvalue weighted by atomic mass is 19.4. The van der Waals surface area contributed by atoms with Gasteiger partial charge in [-0.1, -0.05) is 6.42 Å². The molecular weight excluding hydrogens is 429 g/mol. The highest BCUT2D eigenvalue weighted by molar-refractivity contribution is 5.85. The summed E-state index contributed by atoms with van der Waals surface area (Å²) < 4.78 is 40.6. The summed E-state index contributed by atoms with van der Waals surface area (Å²) in [4.78, 5) is 34.8. The van der Waals surface area contributed by atoms with Crippen molar-refractivity contribution in [2.75, 3.05) is 10.6 Å². The Morgan fingerprint density at radius 2 is 1.91 bits per heavy atom. The number of pyridine rings is 1. The van der Waals surface area contributed by atoms with Crippen LogP contribution in [0, 0.1) is 5.92 Å². The van der Waals surface area contributed by atoms with Gasteiger partial charge in [0.05, 0.1) is 17.8 Å². The van der Waals surface area contributed by atoms with Crippen molar-refractivity contribution in [2.45, 2.75) is 51.4 Å². The quantitative estimate of drug-likeness (QED) is 0.503. The van der Waals surface area contributed by atoms with E-state index in [0.717, 1.165) is 0 Å². The van der Waals surface area contributed by atoms with Gasteiger partial charge in [-0.25, -0.2) is 14.8 Å². The largest absolute Gasteiger partial charge is 0.477 e. The molecule has 12 heteroatoms. The monoisotopic (exact) mass is 452 g/mol. The van der Waals surface area contributed by atoms with Crippen molar-refractivity contribution < 1.29 is 27.9 Å². The van der Waals surface area contributed by atoms with E-state index in [0.29, 0.717) is 31.1 Å². The second kappa shape index (κ2) is 9.37. The van der Waals surface area contributed by atoms with Crippen molar-refractivity contribution in [2.24, 2.45) is 5.92 Å². The maximum atomic E-state index is 13.5. The zero-order chi connectivity index (χ0) is 23.5. The first-order chi connectivity index (χ1) is 15.0. The second-order valence-electron chi connectivity index (χ2n) is 7.77. The number of rotatable bonds is 7. The molecular formula is C20H23F3N6O3. The van der Waals surface area contributed by atoms with Crippen LogP contribution in [-0.4, -0.2) is 44.0 Å². The van der Waals surface area contributed by atoms with Crippen molar-refractivity contribution in [3.8, 4) is 0 Å². The number of aromatic nitrogens is 3. The summed E-state index contributed by atoms with van der Waals surface area (Å²) in [6, 6.07) is 2.05. The number of anilines is 3.